The number of nitrogens with one attached hydrogen (secondary N) is 1. The molecular formula is C23H25N5O3. The van der Waals surface area contributed by atoms with Crippen LogP contribution in [0.25, 0.3) is 11.0 Å². The number of aromatic nitrogens is 3. The van der Waals surface area contributed by atoms with Crippen LogP contribution in [0.15, 0.2) is 42.6 Å². The number of piperidine rings is 1. The molecule has 2 aliphatic rings. The third kappa shape index (κ3) is 3.85. The van der Waals surface area contributed by atoms with Crippen molar-refractivity contribution in [2.45, 2.75) is 31.8 Å². The van der Waals surface area contributed by atoms with Crippen LogP contribution in [0, 0.1) is 0 Å². The summed E-state index contributed by atoms with van der Waals surface area (Å²) in [4.78, 5) is 40.1. The molecule has 1 aromatic carbocycles. The van der Waals surface area contributed by atoms with Gasteiger partial charge in [0, 0.05) is 37.7 Å². The Hall–Kier alpha value is -3.42. The number of carbonyl (C=O) groups is 2. The minimum atomic E-state index is -0.123. The van der Waals surface area contributed by atoms with Gasteiger partial charge in [-0.1, -0.05) is 18.2 Å². The zero-order chi connectivity index (χ0) is 21.4. The number of likely N-dealkylation sites (tertiary alicyclic amines) is 2. The minimum Gasteiger partial charge on any atom is -0.470 e. The fourth-order valence-electron chi connectivity index (χ4n) is 4.37. The lowest BCUT2D eigenvalue weighted by atomic mass is 9.91. The van der Waals surface area contributed by atoms with Crippen LogP contribution in [0.1, 0.15) is 41.9 Å². The van der Waals surface area contributed by atoms with Crippen molar-refractivity contribution >= 4 is 22.8 Å². The third-order valence-electron chi connectivity index (χ3n) is 6.11. The van der Waals surface area contributed by atoms with Crippen LogP contribution < -0.4 is 4.74 Å². The number of ether oxygens (including phenoxy) is 1. The van der Waals surface area contributed by atoms with Crippen molar-refractivity contribution < 1.29 is 14.3 Å². The summed E-state index contributed by atoms with van der Waals surface area (Å²) >= 11 is 0. The monoisotopic (exact) mass is 419 g/mol. The fourth-order valence-corrected chi connectivity index (χ4v) is 4.37. The highest BCUT2D eigenvalue weighted by Crippen LogP contribution is 2.33. The molecule has 5 rings (SSSR count). The van der Waals surface area contributed by atoms with Crippen LogP contribution in [-0.4, -0.2) is 68.8 Å². The second-order valence-electron chi connectivity index (χ2n) is 8.25. The van der Waals surface area contributed by atoms with Gasteiger partial charge in [-0.15, -0.1) is 0 Å². The van der Waals surface area contributed by atoms with E-state index < -0.39 is 0 Å². The van der Waals surface area contributed by atoms with Crippen LogP contribution in [0.4, 0.5) is 0 Å². The molecule has 1 N–H and O–H groups in total. The maximum absolute atomic E-state index is 12.7. The number of pyridine rings is 1. The molecule has 2 saturated heterocycles. The van der Waals surface area contributed by atoms with Crippen molar-refractivity contribution in [2.75, 3.05) is 26.2 Å². The maximum Gasteiger partial charge on any atom is 0.289 e. The molecule has 2 aliphatic heterocycles. The fraction of sp³-hybridized carbons (Fsp3) is 0.391. The first kappa shape index (κ1) is 19.5. The number of para-hydroxylation sites is 2. The number of carbonyl (C=O) groups excluding carboxylic acids is 2. The first-order valence-electron chi connectivity index (χ1n) is 10.7. The molecule has 0 aliphatic carbocycles. The van der Waals surface area contributed by atoms with Gasteiger partial charge in [0.25, 0.3) is 5.91 Å². The first-order chi connectivity index (χ1) is 15.1. The maximum atomic E-state index is 12.7. The number of fused-ring (bicyclic) bond motifs is 1. The normalized spacial score (nSPS) is 19.3. The Bertz CT molecular complexity index is 1090. The van der Waals surface area contributed by atoms with Gasteiger partial charge < -0.3 is 19.5 Å². The number of H-pyrrole nitrogens is 1. The largest absolute Gasteiger partial charge is 0.470 e. The molecule has 160 valence electrons. The number of amides is 2. The SMILES string of the molecule is CC(=O)N1CCC[C@H](c2cccnc2OC2CN(C(=O)c3nc4ccccc4[nH]3)C2)C1. The van der Waals surface area contributed by atoms with E-state index >= 15 is 0 Å². The summed E-state index contributed by atoms with van der Waals surface area (Å²) in [5, 5.41) is 0. The van der Waals surface area contributed by atoms with E-state index in [9.17, 15) is 9.59 Å². The summed E-state index contributed by atoms with van der Waals surface area (Å²) in [6.45, 7) is 4.11. The van der Waals surface area contributed by atoms with E-state index in [0.717, 1.165) is 36.0 Å². The van der Waals surface area contributed by atoms with Crippen LogP contribution in [-0.2, 0) is 4.79 Å². The summed E-state index contributed by atoms with van der Waals surface area (Å²) in [5.74, 6) is 1.16. The van der Waals surface area contributed by atoms with Crippen molar-refractivity contribution in [1.82, 2.24) is 24.8 Å². The lowest BCUT2D eigenvalue weighted by molar-refractivity contribution is -0.130. The minimum absolute atomic E-state index is 0.102. The Labute approximate surface area is 180 Å². The van der Waals surface area contributed by atoms with Crippen molar-refractivity contribution in [2.24, 2.45) is 0 Å². The molecule has 8 heteroatoms. The van der Waals surface area contributed by atoms with Crippen LogP contribution in [0.3, 0.4) is 0 Å². The molecule has 0 radical (unpaired) electrons. The topological polar surface area (TPSA) is 91.4 Å². The number of imidazole rings is 1. The number of hydrogen-bond acceptors (Lipinski definition) is 5. The van der Waals surface area contributed by atoms with Gasteiger partial charge in [0.15, 0.2) is 5.82 Å². The molecule has 0 saturated carbocycles. The Morgan fingerprint density at radius 1 is 1.10 bits per heavy atom. The van der Waals surface area contributed by atoms with Crippen molar-refractivity contribution in [1.29, 1.82) is 0 Å². The Kier molecular flexibility index (Phi) is 5.05. The van der Waals surface area contributed by atoms with Gasteiger partial charge in [-0.05, 0) is 31.0 Å². The van der Waals surface area contributed by atoms with Crippen LogP contribution in [0.5, 0.6) is 5.88 Å². The average Bonchev–Trinajstić information content (AvgIpc) is 3.20. The van der Waals surface area contributed by atoms with Crippen LogP contribution in [0.2, 0.25) is 0 Å². The summed E-state index contributed by atoms with van der Waals surface area (Å²) in [6, 6.07) is 11.5. The smallest absolute Gasteiger partial charge is 0.289 e. The van der Waals surface area contributed by atoms with Gasteiger partial charge in [-0.25, -0.2) is 9.97 Å². The number of benzene rings is 1. The van der Waals surface area contributed by atoms with E-state index in [-0.39, 0.29) is 23.8 Å². The number of rotatable bonds is 4. The van der Waals surface area contributed by atoms with Gasteiger partial charge in [-0.2, -0.15) is 0 Å². The summed E-state index contributed by atoms with van der Waals surface area (Å²) in [7, 11) is 0. The van der Waals surface area contributed by atoms with Crippen LogP contribution >= 0.6 is 0 Å². The standard InChI is InChI=1S/C23H25N5O3/c1-15(29)27-11-5-6-16(12-27)18-7-4-10-24-22(18)31-17-13-28(14-17)23(30)21-25-19-8-2-3-9-20(19)26-21/h2-4,7-10,16-17H,5-6,11-14H2,1H3,(H,25,26)/t16-/m0/s1. The third-order valence-corrected chi connectivity index (χ3v) is 6.11. The van der Waals surface area contributed by atoms with Gasteiger partial charge in [0.05, 0.1) is 24.1 Å². The predicted octanol–water partition coefficient (Wildman–Crippen LogP) is 2.59. The summed E-state index contributed by atoms with van der Waals surface area (Å²) in [5.41, 5.74) is 2.67. The molecule has 0 spiro atoms. The zero-order valence-electron chi connectivity index (χ0n) is 17.5. The van der Waals surface area contributed by atoms with E-state index in [4.69, 9.17) is 4.74 Å². The predicted molar refractivity (Wildman–Crippen MR) is 115 cm³/mol. The number of nitrogens with zero attached hydrogens (tertiary/aromatic N) is 4. The molecule has 2 aromatic heterocycles. The molecule has 31 heavy (non-hydrogen) atoms. The van der Waals surface area contributed by atoms with Gasteiger partial charge in [-0.3, -0.25) is 9.59 Å². The molecule has 4 heterocycles. The van der Waals surface area contributed by atoms with Crippen molar-refractivity contribution in [3.05, 3.63) is 54.0 Å². The molecule has 0 unspecified atom stereocenters. The molecular weight excluding hydrogens is 394 g/mol. The average molecular weight is 419 g/mol. The number of aromatic amines is 1. The van der Waals surface area contributed by atoms with Gasteiger partial charge in [0.1, 0.15) is 6.10 Å². The Morgan fingerprint density at radius 2 is 1.94 bits per heavy atom. The Balaban J connectivity index is 1.23. The molecule has 0 bridgehead atoms. The highest BCUT2D eigenvalue weighted by Gasteiger charge is 2.35. The quantitative estimate of drug-likeness (QED) is 0.702. The van der Waals surface area contributed by atoms with Gasteiger partial charge in [0.2, 0.25) is 11.8 Å². The first-order valence-corrected chi connectivity index (χ1v) is 10.7. The van der Waals surface area contributed by atoms with E-state index in [1.807, 2.05) is 41.3 Å². The second kappa shape index (κ2) is 8.02. The Morgan fingerprint density at radius 3 is 2.74 bits per heavy atom. The van der Waals surface area contributed by atoms with Crippen molar-refractivity contribution in [3.63, 3.8) is 0 Å². The van der Waals surface area contributed by atoms with E-state index in [2.05, 4.69) is 15.0 Å². The molecule has 2 fully saturated rings. The van der Waals surface area contributed by atoms with Gasteiger partial charge >= 0.3 is 0 Å². The van der Waals surface area contributed by atoms with Crippen molar-refractivity contribution in [3.8, 4) is 5.88 Å². The van der Waals surface area contributed by atoms with E-state index in [0.29, 0.717) is 31.3 Å². The lowest BCUT2D eigenvalue weighted by Gasteiger charge is -2.39. The summed E-state index contributed by atoms with van der Waals surface area (Å²) < 4.78 is 6.17. The summed E-state index contributed by atoms with van der Waals surface area (Å²) in [6.07, 6.45) is 3.60. The molecule has 1 atom stereocenters. The second-order valence-corrected chi connectivity index (χ2v) is 8.25. The molecule has 3 aromatic rings. The highest BCUT2D eigenvalue weighted by atomic mass is 16.5. The van der Waals surface area contributed by atoms with E-state index in [1.54, 1.807) is 18.0 Å². The number of hydrogen-bond donors (Lipinski definition) is 1. The highest BCUT2D eigenvalue weighted by molar-refractivity contribution is 5.94. The zero-order valence-corrected chi connectivity index (χ0v) is 17.5. The molecule has 8 nitrogen and oxygen atoms in total. The van der Waals surface area contributed by atoms with E-state index in [1.165, 1.54) is 0 Å². The molecule has 2 amide bonds. The lowest BCUT2D eigenvalue weighted by Crippen LogP contribution is -2.56.